The SMILES string of the molecule is CC(C)(C)OC(=O)N1CCCC(CCOc2ccc(F)c(CN)c2)C1. The fraction of sp³-hybridized carbons (Fsp3) is 0.632. The molecule has 0 saturated carbocycles. The molecule has 1 saturated heterocycles. The van der Waals surface area contributed by atoms with Crippen LogP contribution in [0.5, 0.6) is 5.75 Å². The fourth-order valence-electron chi connectivity index (χ4n) is 2.93. The second-order valence-corrected chi connectivity index (χ2v) is 7.53. The van der Waals surface area contributed by atoms with Crippen molar-refractivity contribution in [3.63, 3.8) is 0 Å². The lowest BCUT2D eigenvalue weighted by Crippen LogP contribution is -2.43. The van der Waals surface area contributed by atoms with E-state index in [2.05, 4.69) is 0 Å². The van der Waals surface area contributed by atoms with Crippen molar-refractivity contribution in [1.82, 2.24) is 4.90 Å². The quantitative estimate of drug-likeness (QED) is 0.877. The lowest BCUT2D eigenvalue weighted by molar-refractivity contribution is 0.0154. The summed E-state index contributed by atoms with van der Waals surface area (Å²) >= 11 is 0. The van der Waals surface area contributed by atoms with Crippen LogP contribution in [0.15, 0.2) is 18.2 Å². The monoisotopic (exact) mass is 352 g/mol. The first-order chi connectivity index (χ1) is 11.8. The molecule has 1 aliphatic heterocycles. The van der Waals surface area contributed by atoms with Crippen LogP contribution in [0, 0.1) is 11.7 Å². The van der Waals surface area contributed by atoms with E-state index in [-0.39, 0.29) is 18.5 Å². The second-order valence-electron chi connectivity index (χ2n) is 7.53. The highest BCUT2D eigenvalue weighted by Gasteiger charge is 2.27. The maximum atomic E-state index is 13.4. The van der Waals surface area contributed by atoms with E-state index in [0.29, 0.717) is 30.4 Å². The van der Waals surface area contributed by atoms with Crippen LogP contribution in [0.25, 0.3) is 0 Å². The number of piperidine rings is 1. The number of benzene rings is 1. The molecule has 1 fully saturated rings. The molecule has 1 atom stereocenters. The van der Waals surface area contributed by atoms with Crippen LogP contribution in [0.4, 0.5) is 9.18 Å². The maximum Gasteiger partial charge on any atom is 0.410 e. The Hall–Kier alpha value is -1.82. The first-order valence-electron chi connectivity index (χ1n) is 8.87. The molecule has 6 heteroatoms. The molecule has 0 aliphatic carbocycles. The van der Waals surface area contributed by atoms with Crippen molar-refractivity contribution in [2.45, 2.75) is 52.2 Å². The summed E-state index contributed by atoms with van der Waals surface area (Å²) in [6.07, 6.45) is 2.64. The molecule has 5 nitrogen and oxygen atoms in total. The van der Waals surface area contributed by atoms with E-state index in [1.807, 2.05) is 20.8 Å². The van der Waals surface area contributed by atoms with E-state index in [0.717, 1.165) is 25.8 Å². The van der Waals surface area contributed by atoms with Crippen molar-refractivity contribution in [3.8, 4) is 5.75 Å². The van der Waals surface area contributed by atoms with E-state index < -0.39 is 5.60 Å². The van der Waals surface area contributed by atoms with E-state index in [1.54, 1.807) is 17.0 Å². The van der Waals surface area contributed by atoms with Gasteiger partial charge in [-0.1, -0.05) is 0 Å². The molecule has 1 aliphatic rings. The number of ether oxygens (including phenoxy) is 2. The smallest absolute Gasteiger partial charge is 0.410 e. The first-order valence-corrected chi connectivity index (χ1v) is 8.87. The summed E-state index contributed by atoms with van der Waals surface area (Å²) in [5, 5.41) is 0. The normalized spacial score (nSPS) is 18.1. The van der Waals surface area contributed by atoms with Crippen molar-refractivity contribution in [2.75, 3.05) is 19.7 Å². The van der Waals surface area contributed by atoms with E-state index in [9.17, 15) is 9.18 Å². The maximum absolute atomic E-state index is 13.4. The minimum Gasteiger partial charge on any atom is -0.494 e. The average Bonchev–Trinajstić information content (AvgIpc) is 2.55. The number of carbonyl (C=O) groups excluding carboxylic acids is 1. The Kier molecular flexibility index (Phi) is 6.64. The molecule has 2 rings (SSSR count). The number of amides is 1. The summed E-state index contributed by atoms with van der Waals surface area (Å²) in [7, 11) is 0. The third-order valence-corrected chi connectivity index (χ3v) is 4.20. The van der Waals surface area contributed by atoms with Gasteiger partial charge in [0.1, 0.15) is 17.2 Å². The number of hydrogen-bond acceptors (Lipinski definition) is 4. The summed E-state index contributed by atoms with van der Waals surface area (Å²) in [5.74, 6) is 0.701. The Morgan fingerprint density at radius 1 is 1.40 bits per heavy atom. The standard InChI is InChI=1S/C19H29FN2O3/c1-19(2,3)25-18(23)22-9-4-5-14(13-22)8-10-24-16-6-7-17(20)15(11-16)12-21/h6-7,11,14H,4-5,8-10,12-13,21H2,1-3H3. The third-order valence-electron chi connectivity index (χ3n) is 4.20. The average molecular weight is 352 g/mol. The minimum absolute atomic E-state index is 0.149. The molecular weight excluding hydrogens is 323 g/mol. The van der Waals surface area contributed by atoms with Gasteiger partial charge in [-0.25, -0.2) is 9.18 Å². The molecule has 1 aromatic carbocycles. The van der Waals surface area contributed by atoms with Gasteiger partial charge >= 0.3 is 6.09 Å². The Labute approximate surface area is 149 Å². The number of likely N-dealkylation sites (tertiary alicyclic amines) is 1. The fourth-order valence-corrected chi connectivity index (χ4v) is 2.93. The van der Waals surface area contributed by atoms with Crippen LogP contribution in [0.1, 0.15) is 45.6 Å². The van der Waals surface area contributed by atoms with Crippen molar-refractivity contribution >= 4 is 6.09 Å². The van der Waals surface area contributed by atoms with Gasteiger partial charge in [-0.05, 0) is 64.2 Å². The summed E-state index contributed by atoms with van der Waals surface area (Å²) in [5.41, 5.74) is 5.48. The first kappa shape index (κ1) is 19.5. The molecule has 1 aromatic rings. The zero-order valence-electron chi connectivity index (χ0n) is 15.4. The molecule has 0 spiro atoms. The topological polar surface area (TPSA) is 64.8 Å². The molecule has 1 heterocycles. The van der Waals surface area contributed by atoms with Gasteiger partial charge in [0.2, 0.25) is 0 Å². The Balaban J connectivity index is 1.80. The molecule has 140 valence electrons. The highest BCUT2D eigenvalue weighted by atomic mass is 19.1. The van der Waals surface area contributed by atoms with Gasteiger partial charge in [0.15, 0.2) is 0 Å². The predicted octanol–water partition coefficient (Wildman–Crippen LogP) is 3.70. The van der Waals surface area contributed by atoms with Gasteiger partial charge in [-0.15, -0.1) is 0 Å². The van der Waals surface area contributed by atoms with Crippen LogP contribution in [0.2, 0.25) is 0 Å². The van der Waals surface area contributed by atoms with Crippen molar-refractivity contribution in [1.29, 1.82) is 0 Å². The molecule has 1 unspecified atom stereocenters. The number of rotatable bonds is 5. The van der Waals surface area contributed by atoms with Crippen LogP contribution in [-0.4, -0.2) is 36.3 Å². The number of nitrogens with two attached hydrogens (primary N) is 1. The van der Waals surface area contributed by atoms with Crippen molar-refractivity contribution < 1.29 is 18.7 Å². The highest BCUT2D eigenvalue weighted by Crippen LogP contribution is 2.23. The van der Waals surface area contributed by atoms with Gasteiger partial charge in [0, 0.05) is 25.2 Å². The van der Waals surface area contributed by atoms with Gasteiger partial charge in [0.25, 0.3) is 0 Å². The lowest BCUT2D eigenvalue weighted by atomic mass is 9.95. The number of carbonyl (C=O) groups is 1. The number of hydrogen-bond donors (Lipinski definition) is 1. The van der Waals surface area contributed by atoms with Crippen LogP contribution < -0.4 is 10.5 Å². The Morgan fingerprint density at radius 3 is 2.84 bits per heavy atom. The van der Waals surface area contributed by atoms with Crippen LogP contribution in [0.3, 0.4) is 0 Å². The Bertz CT molecular complexity index is 587. The van der Waals surface area contributed by atoms with Gasteiger partial charge in [-0.2, -0.15) is 0 Å². The third kappa shape index (κ3) is 6.20. The van der Waals surface area contributed by atoms with Gasteiger partial charge in [-0.3, -0.25) is 0 Å². The predicted molar refractivity (Wildman–Crippen MR) is 94.9 cm³/mol. The van der Waals surface area contributed by atoms with Crippen molar-refractivity contribution in [2.24, 2.45) is 11.7 Å². The second kappa shape index (κ2) is 8.52. The van der Waals surface area contributed by atoms with Crippen molar-refractivity contribution in [3.05, 3.63) is 29.6 Å². The van der Waals surface area contributed by atoms with E-state index in [1.165, 1.54) is 6.07 Å². The number of halogens is 1. The largest absolute Gasteiger partial charge is 0.494 e. The van der Waals surface area contributed by atoms with Crippen LogP contribution >= 0.6 is 0 Å². The van der Waals surface area contributed by atoms with Crippen LogP contribution in [-0.2, 0) is 11.3 Å². The van der Waals surface area contributed by atoms with Gasteiger partial charge in [0.05, 0.1) is 6.61 Å². The summed E-state index contributed by atoms with van der Waals surface area (Å²) in [6, 6.07) is 4.63. The number of nitrogens with zero attached hydrogens (tertiary/aromatic N) is 1. The minimum atomic E-state index is -0.476. The van der Waals surface area contributed by atoms with Gasteiger partial charge < -0.3 is 20.1 Å². The molecule has 2 N–H and O–H groups in total. The lowest BCUT2D eigenvalue weighted by Gasteiger charge is -2.34. The summed E-state index contributed by atoms with van der Waals surface area (Å²) < 4.78 is 24.6. The molecular formula is C19H29FN2O3. The molecule has 0 aromatic heterocycles. The molecule has 0 radical (unpaired) electrons. The molecule has 25 heavy (non-hydrogen) atoms. The summed E-state index contributed by atoms with van der Waals surface area (Å²) in [4.78, 5) is 14.0. The Morgan fingerprint density at radius 2 is 2.16 bits per heavy atom. The highest BCUT2D eigenvalue weighted by molar-refractivity contribution is 5.68. The summed E-state index contributed by atoms with van der Waals surface area (Å²) in [6.45, 7) is 7.73. The zero-order chi connectivity index (χ0) is 18.4. The van der Waals surface area contributed by atoms with E-state index >= 15 is 0 Å². The molecule has 0 bridgehead atoms. The van der Waals surface area contributed by atoms with E-state index in [4.69, 9.17) is 15.2 Å². The zero-order valence-corrected chi connectivity index (χ0v) is 15.4. The molecule has 1 amide bonds.